The molecule has 1 rings (SSSR count). The molecule has 0 amide bonds. The number of carboxylic acid groups (broad SMARTS) is 1. The molecule has 6 heteroatoms. The van der Waals surface area contributed by atoms with Crippen LogP contribution in [0.5, 0.6) is 0 Å². The SMILES string of the molecule is CC(CNS(=O)(=O)CCCC(=O)O)c1ccccc1. The molecule has 0 fully saturated rings. The number of nitrogens with one attached hydrogen (secondary N) is 1. The fourth-order valence-electron chi connectivity index (χ4n) is 1.64. The molecule has 0 heterocycles. The van der Waals surface area contributed by atoms with Gasteiger partial charge in [-0.1, -0.05) is 37.3 Å². The van der Waals surface area contributed by atoms with Crippen molar-refractivity contribution in [3.8, 4) is 0 Å². The van der Waals surface area contributed by atoms with Gasteiger partial charge in [-0.25, -0.2) is 13.1 Å². The molecule has 0 saturated heterocycles. The average molecular weight is 285 g/mol. The first-order valence-corrected chi connectivity index (χ1v) is 7.80. The summed E-state index contributed by atoms with van der Waals surface area (Å²) in [6, 6.07) is 9.62. The first-order valence-electron chi connectivity index (χ1n) is 6.15. The highest BCUT2D eigenvalue weighted by molar-refractivity contribution is 7.89. The van der Waals surface area contributed by atoms with Gasteiger partial charge in [0.05, 0.1) is 5.75 Å². The molecule has 0 bridgehead atoms. The molecule has 19 heavy (non-hydrogen) atoms. The van der Waals surface area contributed by atoms with Crippen LogP contribution in [0.2, 0.25) is 0 Å². The average Bonchev–Trinajstić information content (AvgIpc) is 2.36. The maximum Gasteiger partial charge on any atom is 0.303 e. The third-order valence-corrected chi connectivity index (χ3v) is 4.21. The molecule has 0 spiro atoms. The lowest BCUT2D eigenvalue weighted by Crippen LogP contribution is -2.30. The van der Waals surface area contributed by atoms with Crippen LogP contribution in [0, 0.1) is 0 Å². The van der Waals surface area contributed by atoms with Crippen molar-refractivity contribution in [3.63, 3.8) is 0 Å². The van der Waals surface area contributed by atoms with E-state index >= 15 is 0 Å². The molecule has 0 saturated carbocycles. The van der Waals surface area contributed by atoms with Gasteiger partial charge in [0.25, 0.3) is 0 Å². The summed E-state index contributed by atoms with van der Waals surface area (Å²) < 4.78 is 25.8. The third kappa shape index (κ3) is 6.35. The van der Waals surface area contributed by atoms with Crippen molar-refractivity contribution in [2.24, 2.45) is 0 Å². The Hall–Kier alpha value is -1.40. The standard InChI is InChI=1S/C13H19NO4S/c1-11(12-6-3-2-4-7-12)10-14-19(17,18)9-5-8-13(15)16/h2-4,6-7,11,14H,5,8-10H2,1H3,(H,15,16). The first-order chi connectivity index (χ1) is 8.91. The van der Waals surface area contributed by atoms with Gasteiger partial charge in [-0.3, -0.25) is 4.79 Å². The van der Waals surface area contributed by atoms with E-state index in [1.165, 1.54) is 0 Å². The van der Waals surface area contributed by atoms with Gasteiger partial charge >= 0.3 is 5.97 Å². The smallest absolute Gasteiger partial charge is 0.303 e. The molecule has 0 radical (unpaired) electrons. The fourth-order valence-corrected chi connectivity index (χ4v) is 2.81. The van der Waals surface area contributed by atoms with Gasteiger partial charge in [0.15, 0.2) is 0 Å². The molecule has 0 aliphatic rings. The van der Waals surface area contributed by atoms with Crippen LogP contribution in [0.15, 0.2) is 30.3 Å². The molecule has 5 nitrogen and oxygen atoms in total. The Bertz CT molecular complexity index is 499. The van der Waals surface area contributed by atoms with Crippen LogP contribution >= 0.6 is 0 Å². The zero-order valence-corrected chi connectivity index (χ0v) is 11.7. The van der Waals surface area contributed by atoms with Crippen molar-refractivity contribution in [1.82, 2.24) is 4.72 Å². The van der Waals surface area contributed by atoms with E-state index in [1.54, 1.807) is 0 Å². The molecule has 2 N–H and O–H groups in total. The van der Waals surface area contributed by atoms with Gasteiger partial charge in [-0.15, -0.1) is 0 Å². The molecule has 1 aromatic rings. The second-order valence-electron chi connectivity index (χ2n) is 4.48. The highest BCUT2D eigenvalue weighted by Gasteiger charge is 2.13. The monoisotopic (exact) mass is 285 g/mol. The van der Waals surface area contributed by atoms with Crippen LogP contribution in [0.25, 0.3) is 0 Å². The second-order valence-corrected chi connectivity index (χ2v) is 6.40. The maximum atomic E-state index is 11.6. The first kappa shape index (κ1) is 15.7. The molecular weight excluding hydrogens is 266 g/mol. The Morgan fingerprint density at radius 2 is 1.95 bits per heavy atom. The molecule has 0 aliphatic heterocycles. The van der Waals surface area contributed by atoms with Crippen LogP contribution in [0.3, 0.4) is 0 Å². The Balaban J connectivity index is 2.40. The van der Waals surface area contributed by atoms with Crippen LogP contribution < -0.4 is 4.72 Å². The number of sulfonamides is 1. The van der Waals surface area contributed by atoms with E-state index in [0.29, 0.717) is 6.54 Å². The largest absolute Gasteiger partial charge is 0.481 e. The maximum absolute atomic E-state index is 11.6. The summed E-state index contributed by atoms with van der Waals surface area (Å²) in [5, 5.41) is 8.46. The minimum absolute atomic E-state index is 0.0791. The summed E-state index contributed by atoms with van der Waals surface area (Å²) in [7, 11) is -3.39. The van der Waals surface area contributed by atoms with Crippen molar-refractivity contribution >= 4 is 16.0 Å². The van der Waals surface area contributed by atoms with Crippen molar-refractivity contribution < 1.29 is 18.3 Å². The predicted molar refractivity (Wildman–Crippen MR) is 73.5 cm³/mol. The molecule has 106 valence electrons. The van der Waals surface area contributed by atoms with Gasteiger partial charge < -0.3 is 5.11 Å². The van der Waals surface area contributed by atoms with Crippen molar-refractivity contribution in [1.29, 1.82) is 0 Å². The number of benzene rings is 1. The fraction of sp³-hybridized carbons (Fsp3) is 0.462. The van der Waals surface area contributed by atoms with E-state index in [4.69, 9.17) is 5.11 Å². The molecule has 0 aliphatic carbocycles. The lowest BCUT2D eigenvalue weighted by Gasteiger charge is -2.13. The van der Waals surface area contributed by atoms with E-state index < -0.39 is 16.0 Å². The van der Waals surface area contributed by atoms with Crippen molar-refractivity contribution in [3.05, 3.63) is 35.9 Å². The van der Waals surface area contributed by atoms with Crippen LogP contribution in [-0.2, 0) is 14.8 Å². The minimum atomic E-state index is -3.39. The summed E-state index contributed by atoms with van der Waals surface area (Å²) in [5.41, 5.74) is 1.07. The predicted octanol–water partition coefficient (Wildman–Crippen LogP) is 1.57. The summed E-state index contributed by atoms with van der Waals surface area (Å²) in [6.07, 6.45) is -0.000463. The van der Waals surface area contributed by atoms with E-state index in [2.05, 4.69) is 4.72 Å². The summed E-state index contributed by atoms with van der Waals surface area (Å²) in [6.45, 7) is 2.26. The van der Waals surface area contributed by atoms with Crippen LogP contribution in [-0.4, -0.2) is 31.8 Å². The summed E-state index contributed by atoms with van der Waals surface area (Å²) in [5.74, 6) is -1.05. The summed E-state index contributed by atoms with van der Waals surface area (Å²) >= 11 is 0. The molecular formula is C13H19NO4S. The Morgan fingerprint density at radius 3 is 2.53 bits per heavy atom. The van der Waals surface area contributed by atoms with E-state index in [1.807, 2.05) is 37.3 Å². The van der Waals surface area contributed by atoms with Gasteiger partial charge in [0, 0.05) is 13.0 Å². The third-order valence-electron chi connectivity index (χ3n) is 2.78. The molecule has 0 aromatic heterocycles. The molecule has 1 aromatic carbocycles. The number of rotatable bonds is 8. The Morgan fingerprint density at radius 1 is 1.32 bits per heavy atom. The topological polar surface area (TPSA) is 83.5 Å². The van der Waals surface area contributed by atoms with Crippen molar-refractivity contribution in [2.75, 3.05) is 12.3 Å². The van der Waals surface area contributed by atoms with E-state index in [-0.39, 0.29) is 24.5 Å². The Labute approximate surface area is 113 Å². The summed E-state index contributed by atoms with van der Waals surface area (Å²) in [4.78, 5) is 10.3. The van der Waals surface area contributed by atoms with Gasteiger partial charge in [-0.2, -0.15) is 0 Å². The van der Waals surface area contributed by atoms with E-state index in [0.717, 1.165) is 5.56 Å². The zero-order chi connectivity index (χ0) is 14.3. The van der Waals surface area contributed by atoms with Crippen LogP contribution in [0.1, 0.15) is 31.2 Å². The number of carboxylic acids is 1. The van der Waals surface area contributed by atoms with E-state index in [9.17, 15) is 13.2 Å². The number of aliphatic carboxylic acids is 1. The normalized spacial score (nSPS) is 13.1. The molecule has 1 unspecified atom stereocenters. The lowest BCUT2D eigenvalue weighted by atomic mass is 10.0. The quantitative estimate of drug-likeness (QED) is 0.759. The highest BCUT2D eigenvalue weighted by atomic mass is 32.2. The second kappa shape index (κ2) is 7.25. The van der Waals surface area contributed by atoms with Gasteiger partial charge in [-0.05, 0) is 17.9 Å². The lowest BCUT2D eigenvalue weighted by molar-refractivity contribution is -0.137. The number of hydrogen-bond donors (Lipinski definition) is 2. The van der Waals surface area contributed by atoms with Gasteiger partial charge in [0.2, 0.25) is 10.0 Å². The number of hydrogen-bond acceptors (Lipinski definition) is 3. The zero-order valence-electron chi connectivity index (χ0n) is 10.9. The van der Waals surface area contributed by atoms with Crippen LogP contribution in [0.4, 0.5) is 0 Å². The number of carbonyl (C=O) groups is 1. The Kier molecular flexibility index (Phi) is 5.98. The molecule has 1 atom stereocenters. The van der Waals surface area contributed by atoms with Gasteiger partial charge in [0.1, 0.15) is 0 Å². The minimum Gasteiger partial charge on any atom is -0.481 e. The van der Waals surface area contributed by atoms with Crippen molar-refractivity contribution in [2.45, 2.75) is 25.7 Å². The highest BCUT2D eigenvalue weighted by Crippen LogP contribution is 2.13.